The highest BCUT2D eigenvalue weighted by atomic mass is 35.5. The van der Waals surface area contributed by atoms with Gasteiger partial charge in [-0.2, -0.15) is 0 Å². The van der Waals surface area contributed by atoms with Crippen molar-refractivity contribution in [3.05, 3.63) is 62.7 Å². The molecule has 0 saturated carbocycles. The van der Waals surface area contributed by atoms with Gasteiger partial charge in [0.1, 0.15) is 5.56 Å². The number of anilines is 2. The monoisotopic (exact) mass is 408 g/mol. The minimum absolute atomic E-state index is 0.262. The maximum atomic E-state index is 12.4. The summed E-state index contributed by atoms with van der Waals surface area (Å²) in [6.07, 6.45) is 1.50. The number of carbonyl (C=O) groups excluding carboxylic acids is 1. The van der Waals surface area contributed by atoms with Crippen molar-refractivity contribution in [2.75, 3.05) is 11.9 Å². The lowest BCUT2D eigenvalue weighted by Crippen LogP contribution is -2.09. The molecule has 3 aromatic rings. The highest BCUT2D eigenvalue weighted by Gasteiger charge is 2.18. The number of hydrogen-bond acceptors (Lipinski definition) is 4. The van der Waals surface area contributed by atoms with Crippen molar-refractivity contribution in [3.63, 3.8) is 0 Å². The van der Waals surface area contributed by atoms with Crippen LogP contribution in [0.3, 0.4) is 0 Å². The molecule has 0 aliphatic heterocycles. The van der Waals surface area contributed by atoms with Gasteiger partial charge in [0.15, 0.2) is 0 Å². The first-order chi connectivity index (χ1) is 12.4. The highest BCUT2D eigenvalue weighted by molar-refractivity contribution is 6.42. The van der Waals surface area contributed by atoms with E-state index in [1.165, 1.54) is 6.20 Å². The molecular weight excluding hydrogens is 395 g/mol. The van der Waals surface area contributed by atoms with Crippen LogP contribution >= 0.6 is 34.8 Å². The molecule has 1 heterocycles. The second kappa shape index (κ2) is 7.70. The normalized spacial score (nSPS) is 10.8. The molecule has 0 saturated heterocycles. The van der Waals surface area contributed by atoms with Crippen LogP contribution in [0.4, 0.5) is 11.4 Å². The molecule has 3 rings (SSSR count). The molecule has 0 bridgehead atoms. The van der Waals surface area contributed by atoms with Gasteiger partial charge in [0.2, 0.25) is 0 Å². The van der Waals surface area contributed by atoms with Gasteiger partial charge in [0.05, 0.1) is 27.9 Å². The Morgan fingerprint density at radius 2 is 1.92 bits per heavy atom. The summed E-state index contributed by atoms with van der Waals surface area (Å²) in [6, 6.07) is 8.72. The van der Waals surface area contributed by atoms with Gasteiger partial charge >= 0.3 is 5.97 Å². The number of nitrogens with zero attached hydrogens (tertiary/aromatic N) is 1. The Morgan fingerprint density at radius 1 is 1.15 bits per heavy atom. The van der Waals surface area contributed by atoms with Gasteiger partial charge < -0.3 is 10.1 Å². The van der Waals surface area contributed by atoms with Crippen molar-refractivity contribution in [2.45, 2.75) is 13.8 Å². The van der Waals surface area contributed by atoms with Gasteiger partial charge in [0.25, 0.3) is 0 Å². The van der Waals surface area contributed by atoms with E-state index in [4.69, 9.17) is 39.5 Å². The van der Waals surface area contributed by atoms with Crippen LogP contribution in [0.1, 0.15) is 22.8 Å². The van der Waals surface area contributed by atoms with E-state index < -0.39 is 5.97 Å². The predicted molar refractivity (Wildman–Crippen MR) is 107 cm³/mol. The zero-order valence-corrected chi connectivity index (χ0v) is 16.3. The number of aryl methyl sites for hydroxylation is 1. The summed E-state index contributed by atoms with van der Waals surface area (Å²) in [5.74, 6) is -0.470. The number of ether oxygens (including phenoxy) is 1. The molecule has 1 aromatic heterocycles. The van der Waals surface area contributed by atoms with E-state index in [1.807, 2.05) is 13.0 Å². The molecule has 0 amide bonds. The minimum atomic E-state index is -0.470. The average molecular weight is 410 g/mol. The number of fused-ring (bicyclic) bond motifs is 1. The van der Waals surface area contributed by atoms with Gasteiger partial charge in [0, 0.05) is 22.3 Å². The van der Waals surface area contributed by atoms with Crippen LogP contribution in [0.15, 0.2) is 36.5 Å². The van der Waals surface area contributed by atoms with E-state index in [1.54, 1.807) is 31.2 Å². The van der Waals surface area contributed by atoms with Crippen molar-refractivity contribution in [2.24, 2.45) is 0 Å². The fourth-order valence-electron chi connectivity index (χ4n) is 2.65. The summed E-state index contributed by atoms with van der Waals surface area (Å²) < 4.78 is 5.16. The van der Waals surface area contributed by atoms with Crippen molar-refractivity contribution in [1.29, 1.82) is 0 Å². The number of pyridine rings is 1. The van der Waals surface area contributed by atoms with E-state index in [-0.39, 0.29) is 6.61 Å². The Kier molecular flexibility index (Phi) is 5.56. The van der Waals surface area contributed by atoms with Gasteiger partial charge in [-0.15, -0.1) is 0 Å². The van der Waals surface area contributed by atoms with E-state index in [2.05, 4.69) is 10.3 Å². The Labute approximate surface area is 166 Å². The number of esters is 1. The van der Waals surface area contributed by atoms with Crippen molar-refractivity contribution in [1.82, 2.24) is 4.98 Å². The Morgan fingerprint density at radius 3 is 2.62 bits per heavy atom. The summed E-state index contributed by atoms with van der Waals surface area (Å²) in [5.41, 5.74) is 3.18. The zero-order valence-electron chi connectivity index (χ0n) is 14.1. The molecule has 0 unspecified atom stereocenters. The number of benzene rings is 2. The van der Waals surface area contributed by atoms with Gasteiger partial charge in [-0.1, -0.05) is 34.8 Å². The number of hydrogen-bond donors (Lipinski definition) is 1. The van der Waals surface area contributed by atoms with Crippen LogP contribution < -0.4 is 5.32 Å². The zero-order chi connectivity index (χ0) is 18.8. The molecule has 134 valence electrons. The Hall–Kier alpha value is -2.01. The minimum Gasteiger partial charge on any atom is -0.462 e. The molecule has 1 N–H and O–H groups in total. The van der Waals surface area contributed by atoms with Gasteiger partial charge in [-0.3, -0.25) is 4.98 Å². The summed E-state index contributed by atoms with van der Waals surface area (Å²) >= 11 is 18.3. The standard InChI is InChI=1S/C19H15Cl3N2O2/c1-3-26-19(25)14-9-23-17-10(2)6-11(20)7-13(17)18(14)24-12-4-5-15(21)16(22)8-12/h4-9H,3H2,1-2H3,(H,23,24). The Balaban J connectivity index is 2.22. The summed E-state index contributed by atoms with van der Waals surface area (Å²) in [7, 11) is 0. The lowest BCUT2D eigenvalue weighted by atomic mass is 10.1. The van der Waals surface area contributed by atoms with Crippen molar-refractivity contribution < 1.29 is 9.53 Å². The number of carbonyl (C=O) groups is 1. The largest absolute Gasteiger partial charge is 0.462 e. The number of halogens is 3. The molecule has 0 aliphatic carbocycles. The van der Waals surface area contributed by atoms with E-state index in [0.29, 0.717) is 37.4 Å². The maximum Gasteiger partial charge on any atom is 0.341 e. The van der Waals surface area contributed by atoms with Crippen LogP contribution in [-0.2, 0) is 4.74 Å². The summed E-state index contributed by atoms with van der Waals surface area (Å²) in [6.45, 7) is 3.92. The molecule has 26 heavy (non-hydrogen) atoms. The number of nitrogens with one attached hydrogen (secondary N) is 1. The third-order valence-electron chi connectivity index (χ3n) is 3.81. The number of aromatic nitrogens is 1. The number of rotatable bonds is 4. The fourth-order valence-corrected chi connectivity index (χ4v) is 3.22. The quantitative estimate of drug-likeness (QED) is 0.505. The first-order valence-corrected chi connectivity index (χ1v) is 9.02. The SMILES string of the molecule is CCOC(=O)c1cnc2c(C)cc(Cl)cc2c1Nc1ccc(Cl)c(Cl)c1. The van der Waals surface area contributed by atoms with Gasteiger partial charge in [-0.05, 0) is 49.7 Å². The molecule has 0 spiro atoms. The molecular formula is C19H15Cl3N2O2. The van der Waals surface area contributed by atoms with E-state index in [9.17, 15) is 4.79 Å². The topological polar surface area (TPSA) is 51.2 Å². The highest BCUT2D eigenvalue weighted by Crippen LogP contribution is 2.34. The van der Waals surface area contributed by atoms with E-state index in [0.717, 1.165) is 11.1 Å². The second-order valence-electron chi connectivity index (χ2n) is 5.64. The first kappa shape index (κ1) is 18.8. The van der Waals surface area contributed by atoms with Crippen LogP contribution in [0, 0.1) is 6.92 Å². The third-order valence-corrected chi connectivity index (χ3v) is 4.77. The second-order valence-corrected chi connectivity index (χ2v) is 6.89. The third kappa shape index (κ3) is 3.73. The average Bonchev–Trinajstić information content (AvgIpc) is 2.58. The van der Waals surface area contributed by atoms with E-state index >= 15 is 0 Å². The van der Waals surface area contributed by atoms with Gasteiger partial charge in [-0.25, -0.2) is 4.79 Å². The maximum absolute atomic E-state index is 12.4. The van der Waals surface area contributed by atoms with Crippen LogP contribution in [0.5, 0.6) is 0 Å². The van der Waals surface area contributed by atoms with Crippen molar-refractivity contribution >= 4 is 63.0 Å². The van der Waals surface area contributed by atoms with Crippen LogP contribution in [0.2, 0.25) is 15.1 Å². The lowest BCUT2D eigenvalue weighted by Gasteiger charge is -2.15. The molecule has 0 fully saturated rings. The fraction of sp³-hybridized carbons (Fsp3) is 0.158. The first-order valence-electron chi connectivity index (χ1n) is 7.88. The lowest BCUT2D eigenvalue weighted by molar-refractivity contribution is 0.0527. The predicted octanol–water partition coefficient (Wildman–Crippen LogP) is 6.42. The smallest absolute Gasteiger partial charge is 0.341 e. The molecule has 0 radical (unpaired) electrons. The Bertz CT molecular complexity index is 1010. The molecule has 7 heteroatoms. The summed E-state index contributed by atoms with van der Waals surface area (Å²) in [5, 5.41) is 5.35. The molecule has 0 atom stereocenters. The summed E-state index contributed by atoms with van der Waals surface area (Å²) in [4.78, 5) is 16.8. The van der Waals surface area contributed by atoms with Crippen LogP contribution in [-0.4, -0.2) is 17.6 Å². The molecule has 4 nitrogen and oxygen atoms in total. The molecule has 0 aliphatic rings. The molecule has 2 aromatic carbocycles. The van der Waals surface area contributed by atoms with Crippen LogP contribution in [0.25, 0.3) is 10.9 Å². The van der Waals surface area contributed by atoms with Crippen molar-refractivity contribution in [3.8, 4) is 0 Å².